The number of nitro benzene ring substituents is 1. The number of halogens is 1. The number of ether oxygens (including phenoxy) is 1. The van der Waals surface area contributed by atoms with Crippen LogP contribution < -0.4 is 15.4 Å². The summed E-state index contributed by atoms with van der Waals surface area (Å²) in [5, 5.41) is 22.8. The van der Waals surface area contributed by atoms with Crippen molar-refractivity contribution in [2.75, 3.05) is 17.7 Å². The number of hydrogen-bond acceptors (Lipinski definition) is 8. The van der Waals surface area contributed by atoms with Crippen LogP contribution in [0.2, 0.25) is 5.02 Å². The zero-order chi connectivity index (χ0) is 27.5. The Morgan fingerprint density at radius 1 is 1.15 bits per heavy atom. The first-order chi connectivity index (χ1) is 18.9. The van der Waals surface area contributed by atoms with Crippen LogP contribution in [0.4, 0.5) is 17.3 Å². The highest BCUT2D eigenvalue weighted by molar-refractivity contribution is 7.98. The molecule has 1 atom stereocenters. The first kappa shape index (κ1) is 26.3. The minimum Gasteiger partial charge on any atom is -0.495 e. The van der Waals surface area contributed by atoms with Gasteiger partial charge in [0.1, 0.15) is 11.8 Å². The molecule has 4 aromatic rings. The molecule has 2 heterocycles. The minimum absolute atomic E-state index is 0.0339. The van der Waals surface area contributed by atoms with Crippen LogP contribution >= 0.6 is 23.4 Å². The molecule has 1 aliphatic heterocycles. The van der Waals surface area contributed by atoms with Gasteiger partial charge in [0, 0.05) is 34.2 Å². The molecule has 5 rings (SSSR count). The summed E-state index contributed by atoms with van der Waals surface area (Å²) in [5.41, 5.74) is 3.19. The van der Waals surface area contributed by atoms with Gasteiger partial charge in [-0.1, -0.05) is 65.8 Å². The highest BCUT2D eigenvalue weighted by Gasteiger charge is 2.35. The monoisotopic (exact) mass is 562 g/mol. The van der Waals surface area contributed by atoms with E-state index >= 15 is 0 Å². The summed E-state index contributed by atoms with van der Waals surface area (Å²) in [6, 6.07) is 20.2. The molecule has 0 radical (unpaired) electrons. The maximum atomic E-state index is 13.7. The van der Waals surface area contributed by atoms with E-state index < -0.39 is 11.0 Å². The molecule has 198 valence electrons. The number of para-hydroxylation sites is 2. The molecule has 1 amide bonds. The van der Waals surface area contributed by atoms with Gasteiger partial charge in [-0.05, 0) is 30.7 Å². The molecule has 0 fully saturated rings. The fourth-order valence-electron chi connectivity index (χ4n) is 4.27. The number of aromatic nitrogens is 3. The number of thioether (sulfide) groups is 1. The number of fused-ring (bicyclic) bond motifs is 1. The van der Waals surface area contributed by atoms with Gasteiger partial charge in [0.05, 0.1) is 23.3 Å². The maximum Gasteiger partial charge on any atom is 0.269 e. The predicted molar refractivity (Wildman–Crippen MR) is 150 cm³/mol. The third-order valence-electron chi connectivity index (χ3n) is 6.15. The average Bonchev–Trinajstić information content (AvgIpc) is 3.34. The van der Waals surface area contributed by atoms with E-state index in [1.54, 1.807) is 42.1 Å². The van der Waals surface area contributed by atoms with Gasteiger partial charge in [-0.2, -0.15) is 4.98 Å². The molecule has 1 aliphatic rings. The van der Waals surface area contributed by atoms with Crippen molar-refractivity contribution in [2.24, 2.45) is 0 Å². The number of amides is 1. The van der Waals surface area contributed by atoms with Gasteiger partial charge in [-0.25, -0.2) is 4.68 Å². The van der Waals surface area contributed by atoms with E-state index in [0.717, 1.165) is 5.56 Å². The molecule has 0 bridgehead atoms. The van der Waals surface area contributed by atoms with E-state index in [0.29, 0.717) is 50.2 Å². The summed E-state index contributed by atoms with van der Waals surface area (Å²) >= 11 is 8.00. The summed E-state index contributed by atoms with van der Waals surface area (Å²) in [4.78, 5) is 28.9. The van der Waals surface area contributed by atoms with Crippen molar-refractivity contribution >= 4 is 46.6 Å². The Hall–Kier alpha value is -4.35. The molecule has 12 heteroatoms. The standard InChI is InChI=1S/C27H23ClN6O4S/c1-16-23(25(35)30-21-9-5-6-10-22(21)38-2)24(19-7-3-4-8-20(19)28)33-26(29-16)31-27(32-33)39-15-17-11-13-18(14-12-17)34(36)37/h3-14,24H,15H2,1-2H3,(H,30,35)(H,29,31,32). The molecule has 3 aromatic carbocycles. The minimum atomic E-state index is -0.647. The second kappa shape index (κ2) is 11.2. The second-order valence-corrected chi connectivity index (χ2v) is 9.97. The van der Waals surface area contributed by atoms with E-state index in [4.69, 9.17) is 21.4 Å². The number of nitro groups is 1. The molecule has 10 nitrogen and oxygen atoms in total. The van der Waals surface area contributed by atoms with Gasteiger partial charge in [0.15, 0.2) is 0 Å². The summed E-state index contributed by atoms with van der Waals surface area (Å²) < 4.78 is 7.06. The summed E-state index contributed by atoms with van der Waals surface area (Å²) in [6.07, 6.45) is 0. The number of carbonyl (C=O) groups is 1. The number of methoxy groups -OCH3 is 1. The first-order valence-corrected chi connectivity index (χ1v) is 13.2. The van der Waals surface area contributed by atoms with E-state index in [9.17, 15) is 14.9 Å². The van der Waals surface area contributed by atoms with Gasteiger partial charge in [-0.15, -0.1) is 5.10 Å². The molecule has 2 N–H and O–H groups in total. The Morgan fingerprint density at radius 2 is 1.87 bits per heavy atom. The predicted octanol–water partition coefficient (Wildman–Crippen LogP) is 6.07. The molecule has 39 heavy (non-hydrogen) atoms. The van der Waals surface area contributed by atoms with E-state index in [2.05, 4.69) is 15.6 Å². The number of anilines is 2. The van der Waals surface area contributed by atoms with Gasteiger partial charge >= 0.3 is 0 Å². The van der Waals surface area contributed by atoms with Gasteiger partial charge in [-0.3, -0.25) is 14.9 Å². The molecule has 0 aliphatic carbocycles. The van der Waals surface area contributed by atoms with Crippen molar-refractivity contribution in [1.29, 1.82) is 0 Å². The van der Waals surface area contributed by atoms with Crippen molar-refractivity contribution in [3.8, 4) is 5.75 Å². The van der Waals surface area contributed by atoms with Gasteiger partial charge in [0.25, 0.3) is 11.6 Å². The topological polar surface area (TPSA) is 124 Å². The Balaban J connectivity index is 1.47. The maximum absolute atomic E-state index is 13.7. The fourth-order valence-corrected chi connectivity index (χ4v) is 5.29. The Morgan fingerprint density at radius 3 is 2.59 bits per heavy atom. The molecule has 0 saturated carbocycles. The molecule has 1 unspecified atom stereocenters. The summed E-state index contributed by atoms with van der Waals surface area (Å²) in [7, 11) is 1.54. The molecular formula is C27H23ClN6O4S. The smallest absolute Gasteiger partial charge is 0.269 e. The number of allylic oxidation sites excluding steroid dienone is 1. The van der Waals surface area contributed by atoms with Crippen molar-refractivity contribution in [1.82, 2.24) is 14.8 Å². The number of rotatable bonds is 8. The highest BCUT2D eigenvalue weighted by Crippen LogP contribution is 2.40. The van der Waals surface area contributed by atoms with Gasteiger partial charge in [0.2, 0.25) is 11.1 Å². The average molecular weight is 563 g/mol. The van der Waals surface area contributed by atoms with Crippen molar-refractivity contribution in [2.45, 2.75) is 23.9 Å². The number of carbonyl (C=O) groups excluding carboxylic acids is 1. The van der Waals surface area contributed by atoms with Crippen LogP contribution in [0.3, 0.4) is 0 Å². The third-order valence-corrected chi connectivity index (χ3v) is 7.40. The van der Waals surface area contributed by atoms with Crippen LogP contribution in [-0.2, 0) is 10.5 Å². The Bertz CT molecular complexity index is 1590. The lowest BCUT2D eigenvalue weighted by molar-refractivity contribution is -0.384. The lowest BCUT2D eigenvalue weighted by atomic mass is 9.95. The number of hydrogen-bond donors (Lipinski definition) is 2. The molecular weight excluding hydrogens is 540 g/mol. The number of benzene rings is 3. The van der Waals surface area contributed by atoms with Crippen molar-refractivity contribution in [3.63, 3.8) is 0 Å². The number of nitrogens with one attached hydrogen (secondary N) is 2. The highest BCUT2D eigenvalue weighted by atomic mass is 35.5. The van der Waals surface area contributed by atoms with Crippen LogP contribution in [0.15, 0.2) is 89.2 Å². The Kier molecular flexibility index (Phi) is 7.53. The first-order valence-electron chi connectivity index (χ1n) is 11.8. The van der Waals surface area contributed by atoms with Crippen LogP contribution in [0.5, 0.6) is 5.75 Å². The summed E-state index contributed by atoms with van der Waals surface area (Å²) in [6.45, 7) is 1.81. The van der Waals surface area contributed by atoms with Crippen molar-refractivity contribution < 1.29 is 14.5 Å². The SMILES string of the molecule is COc1ccccc1NC(=O)C1=C(C)Nc2nc(SCc3ccc([N+](=O)[O-])cc3)nn2C1c1ccccc1Cl. The van der Waals surface area contributed by atoms with E-state index in [-0.39, 0.29) is 11.6 Å². The zero-order valence-corrected chi connectivity index (χ0v) is 22.5. The molecule has 0 spiro atoms. The quantitative estimate of drug-likeness (QED) is 0.151. The van der Waals surface area contributed by atoms with Crippen LogP contribution in [0, 0.1) is 10.1 Å². The molecule has 0 saturated heterocycles. The van der Waals surface area contributed by atoms with Crippen LogP contribution in [-0.4, -0.2) is 32.7 Å². The lowest BCUT2D eigenvalue weighted by Crippen LogP contribution is -2.31. The van der Waals surface area contributed by atoms with Gasteiger partial charge < -0.3 is 15.4 Å². The molecule has 1 aromatic heterocycles. The second-order valence-electron chi connectivity index (χ2n) is 8.62. The van der Waals surface area contributed by atoms with Crippen molar-refractivity contribution in [3.05, 3.63) is 110 Å². The largest absolute Gasteiger partial charge is 0.495 e. The van der Waals surface area contributed by atoms with Crippen LogP contribution in [0.25, 0.3) is 0 Å². The zero-order valence-electron chi connectivity index (χ0n) is 20.9. The van der Waals surface area contributed by atoms with E-state index in [1.165, 1.54) is 23.9 Å². The number of non-ortho nitro benzene ring substituents is 1. The normalized spacial score (nSPS) is 14.4. The Labute approximate surface area is 233 Å². The third kappa shape index (κ3) is 5.45. The van der Waals surface area contributed by atoms with Crippen LogP contribution in [0.1, 0.15) is 24.1 Å². The number of nitrogens with zero attached hydrogens (tertiary/aromatic N) is 4. The summed E-state index contributed by atoms with van der Waals surface area (Å²) in [5.74, 6) is 1.17. The lowest BCUT2D eigenvalue weighted by Gasteiger charge is -2.29. The van der Waals surface area contributed by atoms with E-state index in [1.807, 2.05) is 37.3 Å². The fraction of sp³-hybridized carbons (Fsp3) is 0.148.